The van der Waals surface area contributed by atoms with Crippen LogP contribution in [0.4, 0.5) is 0 Å². The third-order valence-corrected chi connectivity index (χ3v) is 7.34. The SMILES string of the molecule is CC(=O)N1CCCN(C(=O)[C@@H]2CC(=O)N[C@@H](CO)C(=O)N[C@H](C(C)C)C(=O)N[C@@H](C)COc3ccccc3C(=O)N2)CC1. The highest BCUT2D eigenvalue weighted by molar-refractivity contribution is 6.01. The molecule has 0 bridgehead atoms. The third-order valence-electron chi connectivity index (χ3n) is 7.34. The maximum Gasteiger partial charge on any atom is 0.255 e. The Morgan fingerprint density at radius 1 is 0.953 bits per heavy atom. The number of fused-ring (bicyclic) bond motifs is 1. The van der Waals surface area contributed by atoms with Crippen LogP contribution in [0.15, 0.2) is 24.3 Å². The van der Waals surface area contributed by atoms with E-state index in [0.29, 0.717) is 26.1 Å². The number of nitrogens with one attached hydrogen (secondary N) is 4. The lowest BCUT2D eigenvalue weighted by molar-refractivity contribution is -0.137. The molecule has 2 aliphatic heterocycles. The zero-order valence-corrected chi connectivity index (χ0v) is 25.1. The van der Waals surface area contributed by atoms with Gasteiger partial charge in [-0.3, -0.25) is 28.8 Å². The normalized spacial score (nSPS) is 24.8. The maximum absolute atomic E-state index is 13.7. The van der Waals surface area contributed by atoms with E-state index in [9.17, 15) is 33.9 Å². The molecule has 1 saturated heterocycles. The number of ether oxygens (including phenoxy) is 1. The first-order chi connectivity index (χ1) is 20.4. The Morgan fingerprint density at radius 2 is 1.63 bits per heavy atom. The summed E-state index contributed by atoms with van der Waals surface area (Å²) >= 11 is 0. The summed E-state index contributed by atoms with van der Waals surface area (Å²) in [5.41, 5.74) is 0.118. The number of para-hydroxylation sites is 1. The van der Waals surface area contributed by atoms with Crippen molar-refractivity contribution in [2.45, 2.75) is 64.7 Å². The number of benzene rings is 1. The highest BCUT2D eigenvalue weighted by Crippen LogP contribution is 2.19. The van der Waals surface area contributed by atoms with Gasteiger partial charge in [-0.15, -0.1) is 0 Å². The average Bonchev–Trinajstić information content (AvgIpc) is 3.23. The minimum atomic E-state index is -1.41. The predicted molar refractivity (Wildman–Crippen MR) is 155 cm³/mol. The Hall–Kier alpha value is -4.20. The van der Waals surface area contributed by atoms with Crippen LogP contribution < -0.4 is 26.0 Å². The molecule has 1 fully saturated rings. The Kier molecular flexibility index (Phi) is 11.9. The second-order valence-corrected chi connectivity index (χ2v) is 11.2. The molecule has 0 radical (unpaired) electrons. The van der Waals surface area contributed by atoms with Gasteiger partial charge in [0.25, 0.3) is 5.91 Å². The summed E-state index contributed by atoms with van der Waals surface area (Å²) in [5.74, 6) is -3.47. The molecular formula is C29H42N6O8. The highest BCUT2D eigenvalue weighted by atomic mass is 16.5. The minimum Gasteiger partial charge on any atom is -0.491 e. The molecule has 43 heavy (non-hydrogen) atoms. The van der Waals surface area contributed by atoms with Crippen molar-refractivity contribution in [1.29, 1.82) is 0 Å². The Labute approximate surface area is 250 Å². The van der Waals surface area contributed by atoms with Crippen LogP contribution in [0.5, 0.6) is 5.75 Å². The number of nitrogens with zero attached hydrogens (tertiary/aromatic N) is 2. The van der Waals surface area contributed by atoms with Crippen LogP contribution in [0.3, 0.4) is 0 Å². The second kappa shape index (κ2) is 15.3. The van der Waals surface area contributed by atoms with Crippen molar-refractivity contribution >= 4 is 35.4 Å². The molecule has 3 rings (SSSR count). The number of amides is 6. The quantitative estimate of drug-likeness (QED) is 0.285. The fourth-order valence-corrected chi connectivity index (χ4v) is 4.90. The molecular weight excluding hydrogens is 560 g/mol. The smallest absolute Gasteiger partial charge is 0.255 e. The van der Waals surface area contributed by atoms with E-state index in [1.807, 2.05) is 0 Å². The molecule has 1 aromatic rings. The van der Waals surface area contributed by atoms with E-state index in [1.165, 1.54) is 17.9 Å². The topological polar surface area (TPSA) is 186 Å². The summed E-state index contributed by atoms with van der Waals surface area (Å²) in [4.78, 5) is 81.3. The molecule has 14 heteroatoms. The zero-order chi connectivity index (χ0) is 31.7. The molecule has 0 aliphatic carbocycles. The van der Waals surface area contributed by atoms with E-state index in [2.05, 4.69) is 21.3 Å². The van der Waals surface area contributed by atoms with Crippen molar-refractivity contribution in [2.24, 2.45) is 5.92 Å². The predicted octanol–water partition coefficient (Wildman–Crippen LogP) is -1.23. The molecule has 4 atom stereocenters. The summed E-state index contributed by atoms with van der Waals surface area (Å²) in [7, 11) is 0. The number of rotatable bonds is 3. The first-order valence-corrected chi connectivity index (χ1v) is 14.5. The Morgan fingerprint density at radius 3 is 2.30 bits per heavy atom. The summed E-state index contributed by atoms with van der Waals surface area (Å²) in [5, 5.41) is 20.3. The van der Waals surface area contributed by atoms with Gasteiger partial charge in [0.15, 0.2) is 0 Å². The van der Waals surface area contributed by atoms with Gasteiger partial charge < -0.3 is 40.9 Å². The largest absolute Gasteiger partial charge is 0.491 e. The van der Waals surface area contributed by atoms with Gasteiger partial charge in [-0.2, -0.15) is 0 Å². The van der Waals surface area contributed by atoms with Gasteiger partial charge in [-0.05, 0) is 31.4 Å². The van der Waals surface area contributed by atoms with Gasteiger partial charge in [0.1, 0.15) is 30.5 Å². The first-order valence-electron chi connectivity index (χ1n) is 14.5. The maximum atomic E-state index is 13.7. The van der Waals surface area contributed by atoms with E-state index in [-0.39, 0.29) is 36.3 Å². The molecule has 1 aromatic carbocycles. The van der Waals surface area contributed by atoms with E-state index < -0.39 is 66.7 Å². The standard InChI is InChI=1S/C29H42N6O8/c1-17(2)25-28(41)30-18(3)16-43-23-9-6-5-8-20(23)26(39)32-21(14-24(38)31-22(15-36)27(40)33-25)29(42)35-11-7-10-34(12-13-35)19(4)37/h5-6,8-9,17-18,21-22,25,36H,7,10-16H2,1-4H3,(H,30,41)(H,31,38)(H,32,39)(H,33,40)/t18-,21-,22-,25+/m0/s1. The number of aliphatic hydroxyl groups is 1. The van der Waals surface area contributed by atoms with Crippen molar-refractivity contribution in [3.8, 4) is 5.75 Å². The molecule has 5 N–H and O–H groups in total. The number of carbonyl (C=O) groups excluding carboxylic acids is 6. The molecule has 236 valence electrons. The van der Waals surface area contributed by atoms with E-state index in [0.717, 1.165) is 0 Å². The van der Waals surface area contributed by atoms with Gasteiger partial charge in [0, 0.05) is 33.1 Å². The molecule has 2 aliphatic rings. The lowest BCUT2D eigenvalue weighted by atomic mass is 10.0. The fraction of sp³-hybridized carbons (Fsp3) is 0.586. The Bertz CT molecular complexity index is 1210. The number of hydrogen-bond donors (Lipinski definition) is 5. The second-order valence-electron chi connectivity index (χ2n) is 11.2. The van der Waals surface area contributed by atoms with Crippen molar-refractivity contribution < 1.29 is 38.6 Å². The van der Waals surface area contributed by atoms with Gasteiger partial charge in [-0.1, -0.05) is 26.0 Å². The third kappa shape index (κ3) is 9.14. The van der Waals surface area contributed by atoms with Crippen LogP contribution in [0.25, 0.3) is 0 Å². The van der Waals surface area contributed by atoms with E-state index in [1.54, 1.807) is 43.9 Å². The van der Waals surface area contributed by atoms with Crippen LogP contribution >= 0.6 is 0 Å². The minimum absolute atomic E-state index is 0.00309. The van der Waals surface area contributed by atoms with Gasteiger partial charge in [0.2, 0.25) is 29.5 Å². The monoisotopic (exact) mass is 602 g/mol. The first kappa shape index (κ1) is 33.3. The summed E-state index contributed by atoms with van der Waals surface area (Å²) < 4.78 is 5.87. The molecule has 0 aromatic heterocycles. The molecule has 0 spiro atoms. The molecule has 14 nitrogen and oxygen atoms in total. The lowest BCUT2D eigenvalue weighted by Crippen LogP contribution is -2.58. The van der Waals surface area contributed by atoms with Crippen LogP contribution in [0.2, 0.25) is 0 Å². The summed E-state index contributed by atoms with van der Waals surface area (Å²) in [6.07, 6.45) is -0.0149. The Balaban J connectivity index is 1.94. The van der Waals surface area contributed by atoms with Crippen molar-refractivity contribution in [3.05, 3.63) is 29.8 Å². The number of carbonyl (C=O) groups is 6. The van der Waals surface area contributed by atoms with Crippen LogP contribution in [0, 0.1) is 5.92 Å². The average molecular weight is 603 g/mol. The summed E-state index contributed by atoms with van der Waals surface area (Å²) in [6.45, 7) is 7.17. The van der Waals surface area contributed by atoms with Gasteiger partial charge in [0.05, 0.1) is 24.6 Å². The van der Waals surface area contributed by atoms with Crippen LogP contribution in [-0.2, 0) is 24.0 Å². The fourth-order valence-electron chi connectivity index (χ4n) is 4.90. The number of hydrogen-bond acceptors (Lipinski definition) is 8. The van der Waals surface area contributed by atoms with Crippen molar-refractivity contribution in [1.82, 2.24) is 31.1 Å². The van der Waals surface area contributed by atoms with Crippen molar-refractivity contribution in [2.75, 3.05) is 39.4 Å². The molecule has 0 saturated carbocycles. The van der Waals surface area contributed by atoms with Gasteiger partial charge >= 0.3 is 0 Å². The van der Waals surface area contributed by atoms with E-state index in [4.69, 9.17) is 4.74 Å². The van der Waals surface area contributed by atoms with Gasteiger partial charge in [-0.25, -0.2) is 0 Å². The van der Waals surface area contributed by atoms with Crippen molar-refractivity contribution in [3.63, 3.8) is 0 Å². The van der Waals surface area contributed by atoms with Crippen LogP contribution in [-0.4, -0.2) is 114 Å². The lowest BCUT2D eigenvalue weighted by Gasteiger charge is -2.28. The summed E-state index contributed by atoms with van der Waals surface area (Å²) in [6, 6.07) is 2.16. The highest BCUT2D eigenvalue weighted by Gasteiger charge is 2.33. The number of aliphatic hydroxyl groups excluding tert-OH is 1. The molecule has 6 amide bonds. The molecule has 2 heterocycles. The zero-order valence-electron chi connectivity index (χ0n) is 25.1. The van der Waals surface area contributed by atoms with Crippen LogP contribution in [0.1, 0.15) is 50.9 Å². The van der Waals surface area contributed by atoms with E-state index >= 15 is 0 Å². The molecule has 0 unspecified atom stereocenters.